The van der Waals surface area contributed by atoms with Crippen molar-refractivity contribution in [3.8, 4) is 0 Å². The van der Waals surface area contributed by atoms with Crippen LogP contribution in [0.1, 0.15) is 42.3 Å². The number of carboxylic acids is 1. The van der Waals surface area contributed by atoms with Crippen LogP contribution in [0.5, 0.6) is 0 Å². The quantitative estimate of drug-likeness (QED) is 0.546. The summed E-state index contributed by atoms with van der Waals surface area (Å²) in [6.07, 6.45) is -8.50. The molecule has 0 bridgehead atoms. The van der Waals surface area contributed by atoms with Crippen molar-refractivity contribution >= 4 is 12.0 Å². The zero-order valence-corrected chi connectivity index (χ0v) is 16.8. The van der Waals surface area contributed by atoms with E-state index in [1.54, 1.807) is 0 Å². The summed E-state index contributed by atoms with van der Waals surface area (Å²) in [5, 5.41) is 13.6. The molecule has 174 valence electrons. The first-order valence-electron chi connectivity index (χ1n) is 9.21. The van der Waals surface area contributed by atoms with Crippen LogP contribution in [0.3, 0.4) is 0 Å². The minimum atomic E-state index is -4.87. The Bertz CT molecular complexity index is 958. The average molecular weight is 463 g/mol. The second-order valence-electron chi connectivity index (χ2n) is 7.16. The summed E-state index contributed by atoms with van der Waals surface area (Å²) in [5.41, 5.74) is -3.02. The van der Waals surface area contributed by atoms with Gasteiger partial charge in [0.15, 0.2) is 0 Å². The molecule has 6 nitrogen and oxygen atoms in total. The fraction of sp³-hybridized carbons (Fsp3) is 0.350. The van der Waals surface area contributed by atoms with E-state index in [0.717, 1.165) is 24.4 Å². The zero-order chi connectivity index (χ0) is 24.3. The van der Waals surface area contributed by atoms with Gasteiger partial charge in [0.05, 0.1) is 22.9 Å². The molecule has 0 aliphatic carbocycles. The normalized spacial score (nSPS) is 14.0. The van der Waals surface area contributed by atoms with Crippen molar-refractivity contribution < 1.29 is 41.0 Å². The molecule has 1 aromatic carbocycles. The molecule has 2 rings (SSSR count). The van der Waals surface area contributed by atoms with Crippen molar-refractivity contribution in [1.29, 1.82) is 0 Å². The van der Waals surface area contributed by atoms with E-state index in [1.807, 2.05) is 0 Å². The van der Waals surface area contributed by atoms with Crippen LogP contribution in [0.15, 0.2) is 42.6 Å². The van der Waals surface area contributed by atoms with E-state index in [-0.39, 0.29) is 5.56 Å². The number of benzene rings is 1. The van der Waals surface area contributed by atoms with E-state index in [9.17, 15) is 41.0 Å². The molecule has 0 spiro atoms. The Morgan fingerprint density at radius 3 is 2.00 bits per heavy atom. The standard InChI is InChI=1S/C20H19F6N3O3/c1-10(2)14(17(30)31)28-18(32)29-15(11-5-7-12(8-6-11)19(21,22)23)16-13(20(24,25)26)4-3-9-27-16/h3-10,14-15H,1-2H3,(H,30,31)(H2,28,29,32). The number of nitrogens with one attached hydrogen (secondary N) is 2. The maximum Gasteiger partial charge on any atom is 0.418 e. The summed E-state index contributed by atoms with van der Waals surface area (Å²) < 4.78 is 79.1. The van der Waals surface area contributed by atoms with Gasteiger partial charge in [-0.1, -0.05) is 26.0 Å². The Labute approximate surface area is 178 Å². The van der Waals surface area contributed by atoms with E-state index in [1.165, 1.54) is 13.8 Å². The van der Waals surface area contributed by atoms with Crippen LogP contribution in [-0.4, -0.2) is 28.1 Å². The van der Waals surface area contributed by atoms with Crippen molar-refractivity contribution in [2.24, 2.45) is 5.92 Å². The van der Waals surface area contributed by atoms with Crippen LogP contribution in [0, 0.1) is 5.92 Å². The van der Waals surface area contributed by atoms with Gasteiger partial charge < -0.3 is 15.7 Å². The van der Waals surface area contributed by atoms with Gasteiger partial charge >= 0.3 is 24.4 Å². The molecule has 1 heterocycles. The first-order valence-corrected chi connectivity index (χ1v) is 9.21. The summed E-state index contributed by atoms with van der Waals surface area (Å²) in [7, 11) is 0. The number of hydrogen-bond donors (Lipinski definition) is 3. The minimum absolute atomic E-state index is 0.117. The highest BCUT2D eigenvalue weighted by Gasteiger charge is 2.38. The zero-order valence-electron chi connectivity index (χ0n) is 16.8. The first kappa shape index (κ1) is 25.0. The van der Waals surface area contributed by atoms with Gasteiger partial charge in [-0.15, -0.1) is 0 Å². The molecule has 0 fully saturated rings. The Balaban J connectivity index is 2.50. The SMILES string of the molecule is CC(C)C(NC(=O)NC(c1ccc(C(F)(F)F)cc1)c1ncccc1C(F)(F)F)C(=O)O. The number of aromatic nitrogens is 1. The minimum Gasteiger partial charge on any atom is -0.480 e. The summed E-state index contributed by atoms with van der Waals surface area (Å²) >= 11 is 0. The number of alkyl halides is 6. The van der Waals surface area contributed by atoms with Gasteiger partial charge in [-0.3, -0.25) is 4.98 Å². The van der Waals surface area contributed by atoms with Crippen molar-refractivity contribution in [3.05, 3.63) is 65.0 Å². The summed E-state index contributed by atoms with van der Waals surface area (Å²) in [6, 6.07) is 0.793. The smallest absolute Gasteiger partial charge is 0.418 e. The van der Waals surface area contributed by atoms with Crippen molar-refractivity contribution in [2.75, 3.05) is 0 Å². The maximum absolute atomic E-state index is 13.5. The van der Waals surface area contributed by atoms with E-state index in [4.69, 9.17) is 0 Å². The molecule has 12 heteroatoms. The number of rotatable bonds is 6. The number of carboxylic acid groups (broad SMARTS) is 1. The fourth-order valence-electron chi connectivity index (χ4n) is 2.89. The number of urea groups is 1. The van der Waals surface area contributed by atoms with E-state index >= 15 is 0 Å². The Morgan fingerprint density at radius 2 is 1.53 bits per heavy atom. The molecule has 2 aromatic rings. The number of pyridine rings is 1. The van der Waals surface area contributed by atoms with Crippen LogP contribution >= 0.6 is 0 Å². The lowest BCUT2D eigenvalue weighted by molar-refractivity contribution is -0.140. The van der Waals surface area contributed by atoms with E-state index < -0.39 is 59.2 Å². The molecule has 0 aliphatic heterocycles. The Morgan fingerprint density at radius 1 is 0.938 bits per heavy atom. The Kier molecular flexibility index (Phi) is 7.37. The second-order valence-corrected chi connectivity index (χ2v) is 7.16. The van der Waals surface area contributed by atoms with Gasteiger partial charge in [-0.05, 0) is 35.7 Å². The molecular formula is C20H19F6N3O3. The third kappa shape index (κ3) is 6.11. The lowest BCUT2D eigenvalue weighted by atomic mass is 9.97. The lowest BCUT2D eigenvalue weighted by Crippen LogP contribution is -2.49. The van der Waals surface area contributed by atoms with Crippen molar-refractivity contribution in [2.45, 2.75) is 38.3 Å². The van der Waals surface area contributed by atoms with E-state index in [0.29, 0.717) is 18.2 Å². The number of amides is 2. The molecule has 1 aromatic heterocycles. The predicted octanol–water partition coefficient (Wildman–Crippen LogP) is 4.62. The molecular weight excluding hydrogens is 444 g/mol. The summed E-state index contributed by atoms with van der Waals surface area (Å²) in [4.78, 5) is 27.4. The molecule has 0 aliphatic rings. The molecule has 0 saturated heterocycles. The van der Waals surface area contributed by atoms with Crippen LogP contribution in [0.25, 0.3) is 0 Å². The van der Waals surface area contributed by atoms with Gasteiger partial charge in [-0.2, -0.15) is 26.3 Å². The Hall–Kier alpha value is -3.31. The molecule has 2 amide bonds. The van der Waals surface area contributed by atoms with Crippen LogP contribution < -0.4 is 10.6 Å². The number of halogens is 6. The van der Waals surface area contributed by atoms with Gasteiger partial charge in [0, 0.05) is 6.20 Å². The molecule has 2 unspecified atom stereocenters. The van der Waals surface area contributed by atoms with Crippen molar-refractivity contribution in [3.63, 3.8) is 0 Å². The van der Waals surface area contributed by atoms with Crippen LogP contribution in [0.2, 0.25) is 0 Å². The maximum atomic E-state index is 13.5. The second kappa shape index (κ2) is 9.45. The number of carbonyl (C=O) groups is 2. The topological polar surface area (TPSA) is 91.3 Å². The van der Waals surface area contributed by atoms with Crippen LogP contribution in [-0.2, 0) is 17.1 Å². The third-order valence-electron chi connectivity index (χ3n) is 4.48. The number of aliphatic carboxylic acids is 1. The summed E-state index contributed by atoms with van der Waals surface area (Å²) in [5.74, 6) is -1.92. The van der Waals surface area contributed by atoms with E-state index in [2.05, 4.69) is 15.6 Å². The largest absolute Gasteiger partial charge is 0.480 e. The third-order valence-corrected chi connectivity index (χ3v) is 4.48. The first-order chi connectivity index (χ1) is 14.7. The molecule has 32 heavy (non-hydrogen) atoms. The van der Waals surface area contributed by atoms with Crippen LogP contribution in [0.4, 0.5) is 31.1 Å². The highest BCUT2D eigenvalue weighted by atomic mass is 19.4. The number of nitrogens with zero attached hydrogens (tertiary/aromatic N) is 1. The summed E-state index contributed by atoms with van der Waals surface area (Å²) in [6.45, 7) is 3.01. The monoisotopic (exact) mass is 463 g/mol. The molecule has 3 N–H and O–H groups in total. The van der Waals surface area contributed by atoms with Gasteiger partial charge in [0.2, 0.25) is 0 Å². The van der Waals surface area contributed by atoms with Crippen molar-refractivity contribution in [1.82, 2.24) is 15.6 Å². The highest BCUT2D eigenvalue weighted by molar-refractivity contribution is 5.83. The number of carbonyl (C=O) groups excluding carboxylic acids is 1. The van der Waals surface area contributed by atoms with Gasteiger partial charge in [-0.25, -0.2) is 9.59 Å². The lowest BCUT2D eigenvalue weighted by Gasteiger charge is -2.25. The molecule has 0 saturated carbocycles. The highest BCUT2D eigenvalue weighted by Crippen LogP contribution is 2.36. The van der Waals surface area contributed by atoms with Gasteiger partial charge in [0.1, 0.15) is 6.04 Å². The fourth-order valence-corrected chi connectivity index (χ4v) is 2.89. The molecule has 0 radical (unpaired) electrons. The van der Waals surface area contributed by atoms with Gasteiger partial charge in [0.25, 0.3) is 0 Å². The predicted molar refractivity (Wildman–Crippen MR) is 100 cm³/mol. The molecule has 2 atom stereocenters. The number of hydrogen-bond acceptors (Lipinski definition) is 3. The average Bonchev–Trinajstić information content (AvgIpc) is 2.68.